The first-order valence-electron chi connectivity index (χ1n) is 11.6. The van der Waals surface area contributed by atoms with E-state index in [0.29, 0.717) is 30.1 Å². The molecule has 2 aromatic rings. The molecule has 7 nitrogen and oxygen atoms in total. The fraction of sp³-hybridized carbons (Fsp3) is 0.520. The van der Waals surface area contributed by atoms with Crippen LogP contribution in [0.3, 0.4) is 0 Å². The Morgan fingerprint density at radius 2 is 1.82 bits per heavy atom. The second kappa shape index (κ2) is 9.45. The summed E-state index contributed by atoms with van der Waals surface area (Å²) >= 11 is 0. The summed E-state index contributed by atoms with van der Waals surface area (Å²) in [7, 11) is 0.888. The molecule has 1 aromatic carbocycles. The van der Waals surface area contributed by atoms with E-state index < -0.39 is 18.3 Å². The Labute approximate surface area is 196 Å². The third-order valence-corrected chi connectivity index (χ3v) is 6.93. The molecule has 0 N–H and O–H groups in total. The largest absolute Gasteiger partial charge is 0.496 e. The molecule has 176 valence electrons. The molecule has 8 heteroatoms. The lowest BCUT2D eigenvalue weighted by Gasteiger charge is -2.32. The van der Waals surface area contributed by atoms with Crippen LogP contribution < -0.4 is 10.2 Å². The van der Waals surface area contributed by atoms with E-state index in [-0.39, 0.29) is 11.8 Å². The molecule has 1 saturated heterocycles. The zero-order valence-corrected chi connectivity index (χ0v) is 20.2. The Morgan fingerprint density at radius 3 is 2.39 bits per heavy atom. The van der Waals surface area contributed by atoms with Gasteiger partial charge < -0.3 is 14.0 Å². The van der Waals surface area contributed by atoms with Gasteiger partial charge >= 0.3 is 7.12 Å². The molecule has 33 heavy (non-hydrogen) atoms. The quantitative estimate of drug-likeness (QED) is 0.449. The summed E-state index contributed by atoms with van der Waals surface area (Å²) in [5.41, 5.74) is 1.02. The minimum atomic E-state index is -0.620. The lowest BCUT2D eigenvalue weighted by Crippen LogP contribution is -2.41. The number of carbonyl (C=O) groups is 1. The highest BCUT2D eigenvalue weighted by molar-refractivity contribution is 6.62. The van der Waals surface area contributed by atoms with Crippen molar-refractivity contribution in [3.63, 3.8) is 0 Å². The summed E-state index contributed by atoms with van der Waals surface area (Å²) in [5.74, 6) is 0.415. The molecule has 1 aromatic heterocycles. The van der Waals surface area contributed by atoms with Gasteiger partial charge in [0.15, 0.2) is 0 Å². The second-order valence-electron chi connectivity index (χ2n) is 9.84. The van der Waals surface area contributed by atoms with Crippen LogP contribution in [0.15, 0.2) is 42.6 Å². The number of ether oxygens (including phenoxy) is 1. The third-order valence-electron chi connectivity index (χ3n) is 6.93. The van der Waals surface area contributed by atoms with Crippen molar-refractivity contribution >= 4 is 18.5 Å². The van der Waals surface area contributed by atoms with Gasteiger partial charge in [0.25, 0.3) is 5.91 Å². The van der Waals surface area contributed by atoms with E-state index >= 15 is 0 Å². The first-order valence-corrected chi connectivity index (χ1v) is 11.6. The lowest BCUT2D eigenvalue weighted by atomic mass is 9.79. The van der Waals surface area contributed by atoms with Crippen molar-refractivity contribution in [2.45, 2.75) is 64.8 Å². The van der Waals surface area contributed by atoms with Crippen molar-refractivity contribution in [2.24, 2.45) is 5.92 Å². The minimum Gasteiger partial charge on any atom is -0.480 e. The number of carbonyl (C=O) groups excluding carboxylic acids is 1. The molecule has 1 aliphatic carbocycles. The Hall–Kier alpha value is -2.42. The zero-order valence-electron chi connectivity index (χ0n) is 20.2. The van der Waals surface area contributed by atoms with Gasteiger partial charge in [0.05, 0.1) is 24.9 Å². The number of nitrogens with zero attached hydrogens (tertiary/aromatic N) is 2. The summed E-state index contributed by atoms with van der Waals surface area (Å²) in [4.78, 5) is 24.0. The van der Waals surface area contributed by atoms with Crippen LogP contribution in [-0.4, -0.2) is 47.9 Å². The average molecular weight is 452 g/mol. The molecule has 0 spiro atoms. The van der Waals surface area contributed by atoms with Crippen LogP contribution >= 0.6 is 0 Å². The number of aromatic nitrogens is 1. The first kappa shape index (κ1) is 23.7. The molecule has 0 unspecified atom stereocenters. The molecular weight excluding hydrogens is 419 g/mol. The number of rotatable bonds is 8. The highest BCUT2D eigenvalue weighted by Gasteiger charge is 2.52. The SMILES string of the molecule is COc1ncc(B2OC(C)(C)C(C)(C)O2)cc1C(=O)N(CC1CCC1)OCc1ccccc1. The van der Waals surface area contributed by atoms with Gasteiger partial charge in [-0.1, -0.05) is 36.8 Å². The predicted molar refractivity (Wildman–Crippen MR) is 126 cm³/mol. The number of benzene rings is 1. The van der Waals surface area contributed by atoms with Gasteiger partial charge in [0.1, 0.15) is 12.2 Å². The van der Waals surface area contributed by atoms with Crippen LogP contribution in [0.5, 0.6) is 5.88 Å². The van der Waals surface area contributed by atoms with E-state index in [0.717, 1.165) is 18.4 Å². The van der Waals surface area contributed by atoms with Crippen molar-refractivity contribution in [3.8, 4) is 5.88 Å². The van der Waals surface area contributed by atoms with E-state index in [1.807, 2.05) is 58.0 Å². The third kappa shape index (κ3) is 5.08. The molecule has 2 aliphatic rings. The second-order valence-corrected chi connectivity index (χ2v) is 9.84. The highest BCUT2D eigenvalue weighted by atomic mass is 16.7. The van der Waals surface area contributed by atoms with Crippen molar-refractivity contribution in [2.75, 3.05) is 13.7 Å². The fourth-order valence-corrected chi connectivity index (χ4v) is 3.86. The van der Waals surface area contributed by atoms with Crippen LogP contribution in [0.4, 0.5) is 0 Å². The van der Waals surface area contributed by atoms with Crippen LogP contribution in [0.2, 0.25) is 0 Å². The van der Waals surface area contributed by atoms with Crippen LogP contribution in [0.25, 0.3) is 0 Å². The average Bonchev–Trinajstić information content (AvgIpc) is 2.99. The normalized spacial score (nSPS) is 19.2. The summed E-state index contributed by atoms with van der Waals surface area (Å²) in [6.07, 6.45) is 5.02. The van der Waals surface area contributed by atoms with E-state index in [9.17, 15) is 4.79 Å². The van der Waals surface area contributed by atoms with Crippen LogP contribution in [-0.2, 0) is 20.8 Å². The molecule has 1 saturated carbocycles. The van der Waals surface area contributed by atoms with Gasteiger partial charge in [0.2, 0.25) is 5.88 Å². The summed E-state index contributed by atoms with van der Waals surface area (Å²) in [5, 5.41) is 1.46. The Bertz CT molecular complexity index is 962. The van der Waals surface area contributed by atoms with Gasteiger partial charge in [-0.05, 0) is 58.1 Å². The predicted octanol–water partition coefficient (Wildman–Crippen LogP) is 3.76. The van der Waals surface area contributed by atoms with Crippen molar-refractivity contribution in [1.29, 1.82) is 0 Å². The molecule has 2 fully saturated rings. The van der Waals surface area contributed by atoms with Gasteiger partial charge in [0, 0.05) is 11.7 Å². The number of hydrogen-bond donors (Lipinski definition) is 0. The van der Waals surface area contributed by atoms with Crippen LogP contribution in [0.1, 0.15) is 62.9 Å². The number of amides is 1. The molecule has 4 rings (SSSR count). The molecular formula is C25H33BN2O5. The van der Waals surface area contributed by atoms with Gasteiger partial charge in [-0.25, -0.2) is 10.0 Å². The maximum absolute atomic E-state index is 13.6. The molecule has 0 atom stereocenters. The first-order chi connectivity index (χ1) is 15.7. The zero-order chi connectivity index (χ0) is 23.6. The van der Waals surface area contributed by atoms with Gasteiger partial charge in [-0.2, -0.15) is 0 Å². The lowest BCUT2D eigenvalue weighted by molar-refractivity contribution is -0.144. The standard InChI is InChI=1S/C25H33BN2O5/c1-24(2)25(3,4)33-26(32-24)20-14-21(22(30-5)27-15-20)23(29)28(16-18-12-9-13-18)31-17-19-10-7-6-8-11-19/h6-8,10-11,14-15,18H,9,12-13,16-17H2,1-5H3. The number of methoxy groups -OCH3 is 1. The number of hydroxylamine groups is 2. The van der Waals surface area contributed by atoms with Crippen LogP contribution in [0, 0.1) is 5.92 Å². The number of pyridine rings is 1. The molecule has 0 radical (unpaired) electrons. The monoisotopic (exact) mass is 452 g/mol. The molecule has 1 amide bonds. The smallest absolute Gasteiger partial charge is 0.480 e. The maximum Gasteiger partial charge on any atom is 0.496 e. The van der Waals surface area contributed by atoms with Crippen molar-refractivity contribution in [1.82, 2.24) is 10.0 Å². The minimum absolute atomic E-state index is 0.252. The summed E-state index contributed by atoms with van der Waals surface area (Å²) < 4.78 is 17.7. The Morgan fingerprint density at radius 1 is 1.15 bits per heavy atom. The van der Waals surface area contributed by atoms with Crippen molar-refractivity contribution in [3.05, 3.63) is 53.7 Å². The van der Waals surface area contributed by atoms with E-state index in [1.54, 1.807) is 12.3 Å². The molecule has 1 aliphatic heterocycles. The highest BCUT2D eigenvalue weighted by Crippen LogP contribution is 2.36. The Kier molecular flexibility index (Phi) is 6.79. The fourth-order valence-electron chi connectivity index (χ4n) is 3.86. The summed E-state index contributed by atoms with van der Waals surface area (Å²) in [6.45, 7) is 8.82. The van der Waals surface area contributed by atoms with Gasteiger partial charge in [-0.3, -0.25) is 9.63 Å². The van der Waals surface area contributed by atoms with Gasteiger partial charge in [-0.15, -0.1) is 0 Å². The maximum atomic E-state index is 13.6. The topological polar surface area (TPSA) is 70.1 Å². The van der Waals surface area contributed by atoms with E-state index in [2.05, 4.69) is 4.98 Å². The van der Waals surface area contributed by atoms with Crippen molar-refractivity contribution < 1.29 is 23.7 Å². The summed E-state index contributed by atoms with van der Waals surface area (Å²) in [6, 6.07) is 11.6. The molecule has 2 heterocycles. The van der Waals surface area contributed by atoms with E-state index in [4.69, 9.17) is 18.9 Å². The van der Waals surface area contributed by atoms with E-state index in [1.165, 1.54) is 18.6 Å². The molecule has 0 bridgehead atoms. The number of hydrogen-bond acceptors (Lipinski definition) is 6. The Balaban J connectivity index is 1.58.